The second-order valence-corrected chi connectivity index (χ2v) is 9.87. The maximum Gasteiger partial charge on any atom is 0.418 e. The number of imidazole rings is 1. The average molecular weight is 481 g/mol. The van der Waals surface area contributed by atoms with E-state index in [1.54, 1.807) is 14.0 Å². The van der Waals surface area contributed by atoms with E-state index in [-0.39, 0.29) is 52.6 Å². The number of nitrogens with zero attached hydrogens (tertiary/aromatic N) is 4. The van der Waals surface area contributed by atoms with Crippen LogP contribution in [0.1, 0.15) is 43.0 Å². The number of pyridine rings is 1. The van der Waals surface area contributed by atoms with E-state index in [2.05, 4.69) is 15.0 Å². The van der Waals surface area contributed by atoms with Gasteiger partial charge in [-0.15, -0.1) is 23.1 Å². The van der Waals surface area contributed by atoms with Gasteiger partial charge < -0.3 is 4.57 Å². The predicted octanol–water partition coefficient (Wildman–Crippen LogP) is 6.38. The van der Waals surface area contributed by atoms with Crippen LogP contribution in [0, 0.1) is 0 Å². The average Bonchev–Trinajstić information content (AvgIpc) is 3.32. The number of aryl methyl sites for hydroxylation is 2. The fraction of sp³-hybridized carbons (Fsp3) is 0.526. The van der Waals surface area contributed by atoms with Crippen LogP contribution < -0.4 is 0 Å². The third kappa shape index (κ3) is 3.61. The Morgan fingerprint density at radius 3 is 2.29 bits per heavy atom. The number of thioether (sulfide) groups is 1. The second-order valence-electron chi connectivity index (χ2n) is 7.34. The molecule has 4 nitrogen and oxygen atoms in total. The van der Waals surface area contributed by atoms with Gasteiger partial charge in [0.05, 0.1) is 15.5 Å². The molecule has 0 unspecified atom stereocenters. The third-order valence-electron chi connectivity index (χ3n) is 5.35. The van der Waals surface area contributed by atoms with Gasteiger partial charge in [0.1, 0.15) is 21.6 Å². The molecular weight excluding hydrogens is 462 g/mol. The van der Waals surface area contributed by atoms with Crippen molar-refractivity contribution in [1.82, 2.24) is 19.5 Å². The fourth-order valence-electron chi connectivity index (χ4n) is 3.50. The summed E-state index contributed by atoms with van der Waals surface area (Å²) in [6.45, 7) is 3.44. The quantitative estimate of drug-likeness (QED) is 0.314. The summed E-state index contributed by atoms with van der Waals surface area (Å²) in [5.41, 5.74) is -2.37. The SMILES string of the molecule is CCSc1sc(C2(C(F)(F)F)CC2)nc1-c1nc2cc(C(F)(F)F)c(CC)nc2n1C. The summed E-state index contributed by atoms with van der Waals surface area (Å²) in [4.78, 5) is 12.8. The van der Waals surface area contributed by atoms with Gasteiger partial charge in [0, 0.05) is 7.05 Å². The molecular formula is C19H18F6N4S2. The molecule has 3 aromatic heterocycles. The molecule has 0 spiro atoms. The molecule has 1 fully saturated rings. The van der Waals surface area contributed by atoms with Crippen LogP contribution in [0.5, 0.6) is 0 Å². The third-order valence-corrected chi connectivity index (χ3v) is 7.75. The van der Waals surface area contributed by atoms with Crippen LogP contribution in [-0.2, 0) is 25.1 Å². The molecule has 3 heterocycles. The lowest BCUT2D eigenvalue weighted by molar-refractivity contribution is -0.160. The van der Waals surface area contributed by atoms with E-state index in [1.807, 2.05) is 6.92 Å². The van der Waals surface area contributed by atoms with E-state index in [0.29, 0.717) is 9.96 Å². The zero-order valence-corrected chi connectivity index (χ0v) is 18.4. The van der Waals surface area contributed by atoms with Crippen LogP contribution in [0.4, 0.5) is 26.3 Å². The van der Waals surface area contributed by atoms with Gasteiger partial charge in [0.15, 0.2) is 11.5 Å². The number of hydrogen-bond acceptors (Lipinski definition) is 5. The summed E-state index contributed by atoms with van der Waals surface area (Å²) >= 11 is 2.33. The van der Waals surface area contributed by atoms with Gasteiger partial charge >= 0.3 is 12.4 Å². The first-order chi connectivity index (χ1) is 14.4. The topological polar surface area (TPSA) is 43.6 Å². The molecule has 0 aliphatic heterocycles. The largest absolute Gasteiger partial charge is 0.418 e. The lowest BCUT2D eigenvalue weighted by Gasteiger charge is -2.15. The van der Waals surface area contributed by atoms with Crippen molar-refractivity contribution in [3.63, 3.8) is 0 Å². The second kappa shape index (κ2) is 7.36. The zero-order valence-electron chi connectivity index (χ0n) is 16.8. The van der Waals surface area contributed by atoms with E-state index < -0.39 is 23.3 Å². The summed E-state index contributed by atoms with van der Waals surface area (Å²) in [6, 6.07) is 0.947. The first-order valence-corrected chi connectivity index (χ1v) is 11.4. The molecule has 12 heteroatoms. The minimum Gasteiger partial charge on any atom is -0.310 e. The molecule has 0 bridgehead atoms. The first-order valence-electron chi connectivity index (χ1n) is 9.57. The number of aromatic nitrogens is 4. The van der Waals surface area contributed by atoms with Crippen LogP contribution in [0.15, 0.2) is 10.3 Å². The number of thiazole rings is 1. The maximum atomic E-state index is 13.6. The molecule has 1 saturated carbocycles. The van der Waals surface area contributed by atoms with Gasteiger partial charge in [-0.05, 0) is 31.1 Å². The molecule has 0 atom stereocenters. The Kier molecular flexibility index (Phi) is 5.31. The normalized spacial score (nSPS) is 16.3. The summed E-state index contributed by atoms with van der Waals surface area (Å²) < 4.78 is 83.2. The summed E-state index contributed by atoms with van der Waals surface area (Å²) in [7, 11) is 1.58. The minimum atomic E-state index is -4.58. The van der Waals surface area contributed by atoms with E-state index in [9.17, 15) is 26.3 Å². The van der Waals surface area contributed by atoms with E-state index >= 15 is 0 Å². The van der Waals surface area contributed by atoms with Gasteiger partial charge in [-0.25, -0.2) is 15.0 Å². The lowest BCUT2D eigenvalue weighted by Crippen LogP contribution is -2.28. The van der Waals surface area contributed by atoms with Crippen molar-refractivity contribution in [3.05, 3.63) is 22.3 Å². The lowest BCUT2D eigenvalue weighted by atomic mass is 10.1. The minimum absolute atomic E-state index is 0.0153. The molecule has 31 heavy (non-hydrogen) atoms. The fourth-order valence-corrected chi connectivity index (χ4v) is 5.92. The predicted molar refractivity (Wildman–Crippen MR) is 107 cm³/mol. The van der Waals surface area contributed by atoms with Crippen LogP contribution in [0.2, 0.25) is 0 Å². The number of fused-ring (bicyclic) bond motifs is 1. The number of hydrogen-bond donors (Lipinski definition) is 0. The summed E-state index contributed by atoms with van der Waals surface area (Å²) in [6.07, 6.45) is -8.93. The van der Waals surface area contributed by atoms with Crippen LogP contribution in [-0.4, -0.2) is 31.4 Å². The van der Waals surface area contributed by atoms with Crippen LogP contribution in [0.25, 0.3) is 22.7 Å². The number of rotatable bonds is 5. The zero-order chi connectivity index (χ0) is 22.8. The Hall–Kier alpha value is -1.82. The Balaban J connectivity index is 1.90. The monoisotopic (exact) mass is 480 g/mol. The molecule has 168 valence electrons. The Morgan fingerprint density at radius 1 is 1.10 bits per heavy atom. The highest BCUT2D eigenvalue weighted by Gasteiger charge is 2.66. The highest BCUT2D eigenvalue weighted by molar-refractivity contribution is 8.01. The molecule has 1 aliphatic carbocycles. The van der Waals surface area contributed by atoms with Crippen molar-refractivity contribution in [1.29, 1.82) is 0 Å². The van der Waals surface area contributed by atoms with Crippen LogP contribution in [0.3, 0.4) is 0 Å². The van der Waals surface area contributed by atoms with Crippen molar-refractivity contribution >= 4 is 34.3 Å². The van der Waals surface area contributed by atoms with Crippen molar-refractivity contribution in [2.45, 2.75) is 55.1 Å². The Morgan fingerprint density at radius 2 is 1.77 bits per heavy atom. The van der Waals surface area contributed by atoms with Crippen molar-refractivity contribution in [2.75, 3.05) is 5.75 Å². The molecule has 0 radical (unpaired) electrons. The smallest absolute Gasteiger partial charge is 0.310 e. The number of halogens is 6. The molecule has 0 amide bonds. The molecule has 0 N–H and O–H groups in total. The molecule has 0 aromatic carbocycles. The number of alkyl halides is 6. The Bertz CT molecular complexity index is 1140. The standard InChI is InChI=1S/C19H18F6N4S2/c1-4-10-9(18(20,21)22)8-11-13(26-10)29(3)14(27-11)12-15(30-5-2)31-16(28-12)17(6-7-17)19(23,24)25/h8H,4-7H2,1-3H3. The van der Waals surface area contributed by atoms with Gasteiger partial charge in [0.2, 0.25) is 0 Å². The molecule has 0 saturated heterocycles. The highest BCUT2D eigenvalue weighted by atomic mass is 32.2. The molecule has 4 rings (SSSR count). The van der Waals surface area contributed by atoms with Crippen molar-refractivity contribution in [3.8, 4) is 11.5 Å². The van der Waals surface area contributed by atoms with Gasteiger partial charge in [0.25, 0.3) is 0 Å². The highest BCUT2D eigenvalue weighted by Crippen LogP contribution is 2.60. The summed E-state index contributed by atoms with van der Waals surface area (Å²) in [5.74, 6) is 0.814. The first kappa shape index (κ1) is 22.4. The van der Waals surface area contributed by atoms with E-state index in [1.165, 1.54) is 16.3 Å². The van der Waals surface area contributed by atoms with Gasteiger partial charge in [-0.3, -0.25) is 0 Å². The molecule has 3 aromatic rings. The van der Waals surface area contributed by atoms with Crippen LogP contribution >= 0.6 is 23.1 Å². The maximum absolute atomic E-state index is 13.6. The Labute approximate surface area is 182 Å². The molecule has 1 aliphatic rings. The van der Waals surface area contributed by atoms with E-state index in [4.69, 9.17) is 0 Å². The van der Waals surface area contributed by atoms with Gasteiger partial charge in [-0.1, -0.05) is 13.8 Å². The van der Waals surface area contributed by atoms with E-state index in [0.717, 1.165) is 17.4 Å². The van der Waals surface area contributed by atoms with Crippen molar-refractivity contribution in [2.24, 2.45) is 7.05 Å². The van der Waals surface area contributed by atoms with Gasteiger partial charge in [-0.2, -0.15) is 26.3 Å². The summed E-state index contributed by atoms with van der Waals surface area (Å²) in [5, 5.41) is -0.0174. The van der Waals surface area contributed by atoms with Crippen molar-refractivity contribution < 1.29 is 26.3 Å².